The molecule has 0 radical (unpaired) electrons. The molecule has 5 heteroatoms. The van der Waals surface area contributed by atoms with Crippen molar-refractivity contribution in [3.63, 3.8) is 0 Å². The van der Waals surface area contributed by atoms with Crippen LogP contribution >= 0.6 is 0 Å². The molecule has 0 unspecified atom stereocenters. The molecule has 0 spiro atoms. The van der Waals surface area contributed by atoms with E-state index in [1.165, 1.54) is 11.2 Å². The Kier molecular flexibility index (Phi) is 4.07. The molecule has 0 bridgehead atoms. The van der Waals surface area contributed by atoms with Gasteiger partial charge in [0.25, 0.3) is 5.91 Å². The van der Waals surface area contributed by atoms with Gasteiger partial charge in [-0.3, -0.25) is 4.79 Å². The minimum absolute atomic E-state index is 0.199. The van der Waals surface area contributed by atoms with E-state index in [2.05, 4.69) is 9.97 Å². The van der Waals surface area contributed by atoms with Gasteiger partial charge < -0.3 is 9.64 Å². The first-order chi connectivity index (χ1) is 9.22. The smallest absolute Gasteiger partial charge is 0.276 e. The van der Waals surface area contributed by atoms with Crippen LogP contribution < -0.4 is 9.64 Å². The topological polar surface area (TPSA) is 55.3 Å². The summed E-state index contributed by atoms with van der Waals surface area (Å²) in [6.07, 6.45) is 1.33. The van der Waals surface area contributed by atoms with E-state index in [4.69, 9.17) is 4.74 Å². The number of hydrogen-bond acceptors (Lipinski definition) is 4. The highest BCUT2D eigenvalue weighted by Crippen LogP contribution is 2.15. The Labute approximate surface area is 111 Å². The van der Waals surface area contributed by atoms with Crippen LogP contribution in [0.3, 0.4) is 0 Å². The Bertz CT molecular complexity index is 558. The predicted octanol–water partition coefficient (Wildman–Crippen LogP) is 2.15. The average molecular weight is 257 g/mol. The lowest BCUT2D eigenvalue weighted by molar-refractivity contribution is 0.0987. The standard InChI is InChI=1S/C14H15N3O2/c1-3-19-13-9-12(15-10-16-13)14(18)17(2)11-7-5-4-6-8-11/h4-10H,3H2,1-2H3. The maximum absolute atomic E-state index is 12.3. The van der Waals surface area contributed by atoms with Gasteiger partial charge in [-0.1, -0.05) is 18.2 Å². The zero-order valence-electron chi connectivity index (χ0n) is 10.9. The summed E-state index contributed by atoms with van der Waals surface area (Å²) in [5.74, 6) is 0.205. The zero-order valence-corrected chi connectivity index (χ0v) is 10.9. The van der Waals surface area contributed by atoms with Gasteiger partial charge in [0, 0.05) is 18.8 Å². The lowest BCUT2D eigenvalue weighted by atomic mass is 10.2. The minimum atomic E-state index is -0.199. The summed E-state index contributed by atoms with van der Waals surface area (Å²) < 4.78 is 5.26. The Morgan fingerprint density at radius 2 is 2.00 bits per heavy atom. The highest BCUT2D eigenvalue weighted by Gasteiger charge is 2.15. The Balaban J connectivity index is 2.22. The maximum Gasteiger partial charge on any atom is 0.276 e. The van der Waals surface area contributed by atoms with Gasteiger partial charge in [-0.05, 0) is 19.1 Å². The molecule has 98 valence electrons. The van der Waals surface area contributed by atoms with Crippen LogP contribution in [0.2, 0.25) is 0 Å². The molecule has 1 aromatic heterocycles. The summed E-state index contributed by atoms with van der Waals surface area (Å²) in [4.78, 5) is 21.7. The molecule has 0 N–H and O–H groups in total. The van der Waals surface area contributed by atoms with Crippen LogP contribution in [0, 0.1) is 0 Å². The van der Waals surface area contributed by atoms with E-state index in [1.54, 1.807) is 13.1 Å². The quantitative estimate of drug-likeness (QED) is 0.842. The number of rotatable bonds is 4. The molecule has 1 aromatic carbocycles. The van der Waals surface area contributed by atoms with E-state index in [0.29, 0.717) is 18.2 Å². The summed E-state index contributed by atoms with van der Waals surface area (Å²) in [7, 11) is 1.71. The highest BCUT2D eigenvalue weighted by molar-refractivity contribution is 6.04. The monoisotopic (exact) mass is 257 g/mol. The summed E-state index contributed by atoms with van der Waals surface area (Å²) in [5, 5.41) is 0. The molecular formula is C14H15N3O2. The van der Waals surface area contributed by atoms with E-state index < -0.39 is 0 Å². The SMILES string of the molecule is CCOc1cc(C(=O)N(C)c2ccccc2)ncn1. The van der Waals surface area contributed by atoms with Crippen LogP contribution in [-0.4, -0.2) is 29.5 Å². The Morgan fingerprint density at radius 3 is 2.68 bits per heavy atom. The molecule has 0 atom stereocenters. The van der Waals surface area contributed by atoms with Crippen LogP contribution in [0.15, 0.2) is 42.7 Å². The highest BCUT2D eigenvalue weighted by atomic mass is 16.5. The number of benzene rings is 1. The number of carbonyl (C=O) groups is 1. The number of anilines is 1. The van der Waals surface area contributed by atoms with Crippen LogP contribution in [0.25, 0.3) is 0 Å². The number of carbonyl (C=O) groups excluding carboxylic acids is 1. The zero-order chi connectivity index (χ0) is 13.7. The minimum Gasteiger partial charge on any atom is -0.478 e. The van der Waals surface area contributed by atoms with E-state index in [0.717, 1.165) is 5.69 Å². The van der Waals surface area contributed by atoms with Crippen LogP contribution in [0.4, 0.5) is 5.69 Å². The largest absolute Gasteiger partial charge is 0.478 e. The summed E-state index contributed by atoms with van der Waals surface area (Å²) in [6.45, 7) is 2.36. The van der Waals surface area contributed by atoms with Gasteiger partial charge in [0.05, 0.1) is 6.61 Å². The first-order valence-corrected chi connectivity index (χ1v) is 6.00. The fourth-order valence-electron chi connectivity index (χ4n) is 1.62. The Morgan fingerprint density at radius 1 is 1.26 bits per heavy atom. The second kappa shape index (κ2) is 5.95. The molecule has 0 saturated carbocycles. The molecule has 1 amide bonds. The van der Waals surface area contributed by atoms with Crippen molar-refractivity contribution in [1.82, 2.24) is 9.97 Å². The predicted molar refractivity (Wildman–Crippen MR) is 72.4 cm³/mol. The van der Waals surface area contributed by atoms with Crippen LogP contribution in [0.1, 0.15) is 17.4 Å². The lowest BCUT2D eigenvalue weighted by Gasteiger charge is -2.16. The molecular weight excluding hydrogens is 242 g/mol. The van der Waals surface area contributed by atoms with Crippen molar-refractivity contribution in [1.29, 1.82) is 0 Å². The van der Waals surface area contributed by atoms with Crippen molar-refractivity contribution < 1.29 is 9.53 Å². The molecule has 0 aliphatic rings. The third-order valence-corrected chi connectivity index (χ3v) is 2.60. The lowest BCUT2D eigenvalue weighted by Crippen LogP contribution is -2.27. The molecule has 2 rings (SSSR count). The maximum atomic E-state index is 12.3. The first kappa shape index (κ1) is 13.0. The fraction of sp³-hybridized carbons (Fsp3) is 0.214. The van der Waals surface area contributed by atoms with E-state index in [1.807, 2.05) is 37.3 Å². The molecule has 19 heavy (non-hydrogen) atoms. The van der Waals surface area contributed by atoms with Crippen molar-refractivity contribution in [2.75, 3.05) is 18.6 Å². The average Bonchev–Trinajstić information content (AvgIpc) is 2.47. The summed E-state index contributed by atoms with van der Waals surface area (Å²) >= 11 is 0. The van der Waals surface area contributed by atoms with Crippen molar-refractivity contribution in [2.24, 2.45) is 0 Å². The number of hydrogen-bond donors (Lipinski definition) is 0. The van der Waals surface area contributed by atoms with Crippen molar-refractivity contribution in [3.8, 4) is 5.88 Å². The van der Waals surface area contributed by atoms with Crippen LogP contribution in [0.5, 0.6) is 5.88 Å². The van der Waals surface area contributed by atoms with Crippen LogP contribution in [-0.2, 0) is 0 Å². The van der Waals surface area contributed by atoms with E-state index in [-0.39, 0.29) is 5.91 Å². The van der Waals surface area contributed by atoms with Gasteiger partial charge in [-0.25, -0.2) is 9.97 Å². The number of aromatic nitrogens is 2. The van der Waals surface area contributed by atoms with Gasteiger partial charge in [-0.2, -0.15) is 0 Å². The van der Waals surface area contributed by atoms with Crippen molar-refractivity contribution >= 4 is 11.6 Å². The molecule has 2 aromatic rings. The number of para-hydroxylation sites is 1. The number of ether oxygens (including phenoxy) is 1. The van der Waals surface area contributed by atoms with Gasteiger partial charge in [0.15, 0.2) is 0 Å². The van der Waals surface area contributed by atoms with E-state index >= 15 is 0 Å². The molecule has 0 aliphatic heterocycles. The number of amides is 1. The van der Waals surface area contributed by atoms with Gasteiger partial charge >= 0.3 is 0 Å². The van der Waals surface area contributed by atoms with Gasteiger partial charge in [0.1, 0.15) is 12.0 Å². The summed E-state index contributed by atoms with van der Waals surface area (Å²) in [5.41, 5.74) is 1.12. The van der Waals surface area contributed by atoms with Crippen molar-refractivity contribution in [2.45, 2.75) is 6.92 Å². The Hall–Kier alpha value is -2.43. The first-order valence-electron chi connectivity index (χ1n) is 6.00. The third kappa shape index (κ3) is 3.07. The van der Waals surface area contributed by atoms with E-state index in [9.17, 15) is 4.79 Å². The fourth-order valence-corrected chi connectivity index (χ4v) is 1.62. The second-order valence-electron chi connectivity index (χ2n) is 3.87. The molecule has 5 nitrogen and oxygen atoms in total. The molecule has 0 saturated heterocycles. The normalized spacial score (nSPS) is 10.0. The molecule has 1 heterocycles. The second-order valence-corrected chi connectivity index (χ2v) is 3.87. The molecule has 0 aliphatic carbocycles. The van der Waals surface area contributed by atoms with Gasteiger partial charge in [0.2, 0.25) is 5.88 Å². The van der Waals surface area contributed by atoms with Crippen molar-refractivity contribution in [3.05, 3.63) is 48.4 Å². The number of nitrogens with zero attached hydrogens (tertiary/aromatic N) is 3. The summed E-state index contributed by atoms with van der Waals surface area (Å²) in [6, 6.07) is 10.9. The van der Waals surface area contributed by atoms with Gasteiger partial charge in [-0.15, -0.1) is 0 Å². The third-order valence-electron chi connectivity index (χ3n) is 2.60. The molecule has 0 fully saturated rings.